The first-order valence-electron chi connectivity index (χ1n) is 5.53. The molecule has 0 aliphatic rings. The van der Waals surface area contributed by atoms with Crippen molar-refractivity contribution in [3.05, 3.63) is 57.0 Å². The van der Waals surface area contributed by atoms with E-state index in [-0.39, 0.29) is 9.92 Å². The van der Waals surface area contributed by atoms with Crippen LogP contribution < -0.4 is 4.72 Å². The van der Waals surface area contributed by atoms with E-state index in [2.05, 4.69) is 4.72 Å². The molecule has 1 N–H and O–H groups in total. The van der Waals surface area contributed by atoms with Gasteiger partial charge in [-0.25, -0.2) is 8.42 Å². The summed E-state index contributed by atoms with van der Waals surface area (Å²) >= 11 is 17.6. The van der Waals surface area contributed by atoms with E-state index in [1.807, 2.05) is 6.92 Å². The number of benzene rings is 2. The Morgan fingerprint density at radius 1 is 0.900 bits per heavy atom. The van der Waals surface area contributed by atoms with Crippen LogP contribution in [0.25, 0.3) is 0 Å². The number of sulfonamides is 1. The number of hydrogen-bond donors (Lipinski definition) is 1. The number of hydrogen-bond acceptors (Lipinski definition) is 2. The van der Waals surface area contributed by atoms with Crippen LogP contribution in [-0.2, 0) is 10.0 Å². The second kappa shape index (κ2) is 5.82. The minimum absolute atomic E-state index is 0.0172. The van der Waals surface area contributed by atoms with Crippen LogP contribution in [0.5, 0.6) is 0 Å². The van der Waals surface area contributed by atoms with Gasteiger partial charge in [-0.3, -0.25) is 4.72 Å². The zero-order valence-corrected chi connectivity index (χ0v) is 13.4. The summed E-state index contributed by atoms with van der Waals surface area (Å²) in [5, 5.41) is 0.789. The third-order valence-electron chi connectivity index (χ3n) is 2.57. The summed E-state index contributed by atoms with van der Waals surface area (Å²) in [6.07, 6.45) is 0. The van der Waals surface area contributed by atoms with E-state index in [1.54, 1.807) is 18.2 Å². The van der Waals surface area contributed by atoms with E-state index in [9.17, 15) is 8.42 Å². The van der Waals surface area contributed by atoms with Crippen LogP contribution in [0.4, 0.5) is 5.69 Å². The molecule has 2 rings (SSSR count). The smallest absolute Gasteiger partial charge is 0.261 e. The summed E-state index contributed by atoms with van der Waals surface area (Å²) in [4.78, 5) is 0.0172. The van der Waals surface area contributed by atoms with Crippen molar-refractivity contribution in [3.8, 4) is 0 Å². The second-order valence-corrected chi connectivity index (χ2v) is 7.07. The summed E-state index contributed by atoms with van der Waals surface area (Å²) in [5.74, 6) is 0. The second-order valence-electron chi connectivity index (χ2n) is 4.16. The van der Waals surface area contributed by atoms with E-state index in [0.717, 1.165) is 5.56 Å². The molecule has 2 aromatic carbocycles. The highest BCUT2D eigenvalue weighted by Crippen LogP contribution is 2.28. The van der Waals surface area contributed by atoms with Crippen LogP contribution in [0, 0.1) is 6.92 Å². The summed E-state index contributed by atoms with van der Waals surface area (Å²) in [6.45, 7) is 1.86. The maximum Gasteiger partial charge on any atom is 0.261 e. The van der Waals surface area contributed by atoms with Crippen molar-refractivity contribution in [2.75, 3.05) is 4.72 Å². The summed E-state index contributed by atoms with van der Waals surface area (Å²) in [7, 11) is -3.77. The van der Waals surface area contributed by atoms with Crippen LogP contribution in [0.1, 0.15) is 5.56 Å². The minimum Gasteiger partial charge on any atom is -0.278 e. The third-order valence-corrected chi connectivity index (χ3v) is 4.99. The first-order chi connectivity index (χ1) is 9.29. The number of rotatable bonds is 3. The predicted molar refractivity (Wildman–Crippen MR) is 83.5 cm³/mol. The van der Waals surface area contributed by atoms with Gasteiger partial charge in [0.05, 0.1) is 25.7 Å². The van der Waals surface area contributed by atoms with E-state index >= 15 is 0 Å². The molecule has 2 aromatic rings. The van der Waals surface area contributed by atoms with Crippen molar-refractivity contribution in [1.82, 2.24) is 0 Å². The molecule has 0 fully saturated rings. The highest BCUT2D eigenvalue weighted by atomic mass is 35.5. The zero-order chi connectivity index (χ0) is 14.9. The maximum absolute atomic E-state index is 12.2. The molecule has 106 valence electrons. The number of aryl methyl sites for hydroxylation is 1. The Morgan fingerprint density at radius 2 is 1.60 bits per heavy atom. The van der Waals surface area contributed by atoms with Crippen molar-refractivity contribution in [2.45, 2.75) is 11.8 Å². The highest BCUT2D eigenvalue weighted by Gasteiger charge is 2.17. The summed E-state index contributed by atoms with van der Waals surface area (Å²) in [6, 6.07) is 9.13. The molecule has 0 aromatic heterocycles. The standard InChI is InChI=1S/C13H10Cl3NO2S/c1-8-2-5-13(12(16)6-8)17-20(18,19)9-3-4-10(14)11(15)7-9/h2-7,17H,1H3. The molecule has 0 aliphatic carbocycles. The fourth-order valence-electron chi connectivity index (χ4n) is 1.55. The van der Waals surface area contributed by atoms with Gasteiger partial charge in [-0.1, -0.05) is 40.9 Å². The number of halogens is 3. The normalized spacial score (nSPS) is 11.4. The van der Waals surface area contributed by atoms with Gasteiger partial charge < -0.3 is 0 Å². The van der Waals surface area contributed by atoms with E-state index in [0.29, 0.717) is 15.7 Å². The number of anilines is 1. The van der Waals surface area contributed by atoms with Crippen LogP contribution in [0.3, 0.4) is 0 Å². The van der Waals surface area contributed by atoms with Crippen LogP contribution in [-0.4, -0.2) is 8.42 Å². The maximum atomic E-state index is 12.2. The van der Waals surface area contributed by atoms with Crippen LogP contribution in [0.15, 0.2) is 41.3 Å². The van der Waals surface area contributed by atoms with E-state index < -0.39 is 10.0 Å². The fourth-order valence-corrected chi connectivity index (χ4v) is 3.36. The molecule has 0 amide bonds. The van der Waals surface area contributed by atoms with Gasteiger partial charge in [-0.2, -0.15) is 0 Å². The first-order valence-corrected chi connectivity index (χ1v) is 8.15. The molecular weight excluding hydrogens is 341 g/mol. The lowest BCUT2D eigenvalue weighted by Gasteiger charge is -2.10. The quantitative estimate of drug-likeness (QED) is 0.867. The lowest BCUT2D eigenvalue weighted by molar-refractivity contribution is 0.601. The molecule has 0 saturated heterocycles. The molecule has 0 atom stereocenters. The third kappa shape index (κ3) is 3.38. The Bertz CT molecular complexity index is 760. The average Bonchev–Trinajstić information content (AvgIpc) is 2.36. The summed E-state index contributed by atoms with van der Waals surface area (Å²) in [5.41, 5.74) is 1.25. The molecule has 0 bridgehead atoms. The fraction of sp³-hybridized carbons (Fsp3) is 0.0769. The van der Waals surface area contributed by atoms with E-state index in [4.69, 9.17) is 34.8 Å². The largest absolute Gasteiger partial charge is 0.278 e. The molecule has 3 nitrogen and oxygen atoms in total. The van der Waals surface area contributed by atoms with Gasteiger partial charge in [0.2, 0.25) is 0 Å². The Balaban J connectivity index is 2.38. The molecule has 7 heteroatoms. The van der Waals surface area contributed by atoms with Gasteiger partial charge in [0.25, 0.3) is 10.0 Å². The average molecular weight is 351 g/mol. The molecule has 20 heavy (non-hydrogen) atoms. The van der Waals surface area contributed by atoms with E-state index in [1.165, 1.54) is 18.2 Å². The van der Waals surface area contributed by atoms with Crippen LogP contribution >= 0.6 is 34.8 Å². The molecule has 0 radical (unpaired) electrons. The lowest BCUT2D eigenvalue weighted by atomic mass is 10.2. The highest BCUT2D eigenvalue weighted by molar-refractivity contribution is 7.92. The lowest BCUT2D eigenvalue weighted by Crippen LogP contribution is -2.13. The van der Waals surface area contributed by atoms with Gasteiger partial charge in [-0.05, 0) is 42.8 Å². The SMILES string of the molecule is Cc1ccc(NS(=O)(=O)c2ccc(Cl)c(Cl)c2)c(Cl)c1. The Labute approximate surface area is 132 Å². The number of nitrogens with one attached hydrogen (secondary N) is 1. The molecule has 0 spiro atoms. The van der Waals surface area contributed by atoms with Gasteiger partial charge in [0, 0.05) is 0 Å². The summed E-state index contributed by atoms with van der Waals surface area (Å²) < 4.78 is 26.9. The van der Waals surface area contributed by atoms with Gasteiger partial charge >= 0.3 is 0 Å². The Morgan fingerprint density at radius 3 is 2.20 bits per heavy atom. The Hall–Kier alpha value is -0.940. The molecular formula is C13H10Cl3NO2S. The molecule has 0 saturated carbocycles. The first kappa shape index (κ1) is 15.4. The monoisotopic (exact) mass is 349 g/mol. The predicted octanol–water partition coefficient (Wildman–Crippen LogP) is 4.76. The Kier molecular flexibility index (Phi) is 4.49. The van der Waals surface area contributed by atoms with Crippen molar-refractivity contribution >= 4 is 50.5 Å². The van der Waals surface area contributed by atoms with Crippen molar-refractivity contribution < 1.29 is 8.42 Å². The van der Waals surface area contributed by atoms with Crippen molar-refractivity contribution in [3.63, 3.8) is 0 Å². The van der Waals surface area contributed by atoms with Gasteiger partial charge in [0.1, 0.15) is 0 Å². The zero-order valence-electron chi connectivity index (χ0n) is 10.3. The molecule has 0 unspecified atom stereocenters. The van der Waals surface area contributed by atoms with Crippen molar-refractivity contribution in [1.29, 1.82) is 0 Å². The van der Waals surface area contributed by atoms with Gasteiger partial charge in [-0.15, -0.1) is 0 Å². The molecule has 0 aliphatic heterocycles. The minimum atomic E-state index is -3.77. The topological polar surface area (TPSA) is 46.2 Å². The molecule has 0 heterocycles. The van der Waals surface area contributed by atoms with Crippen molar-refractivity contribution in [2.24, 2.45) is 0 Å². The van der Waals surface area contributed by atoms with Crippen LogP contribution in [0.2, 0.25) is 15.1 Å². The van der Waals surface area contributed by atoms with Gasteiger partial charge in [0.15, 0.2) is 0 Å².